The molecule has 1 N–H and O–H groups in total. The molecule has 7 heteroatoms. The first-order chi connectivity index (χ1) is 8.90. The lowest BCUT2D eigenvalue weighted by molar-refractivity contribution is -0.158. The number of sulfone groups is 1. The summed E-state index contributed by atoms with van der Waals surface area (Å²) in [6.45, 7) is 6.14. The Morgan fingerprint density at radius 1 is 1.26 bits per heavy atom. The Labute approximate surface area is 113 Å². The van der Waals surface area contributed by atoms with Crippen LogP contribution in [0.1, 0.15) is 20.8 Å². The van der Waals surface area contributed by atoms with E-state index in [1.165, 1.54) is 6.92 Å². The van der Waals surface area contributed by atoms with Crippen molar-refractivity contribution in [3.8, 4) is 0 Å². The Morgan fingerprint density at radius 2 is 1.89 bits per heavy atom. The molecule has 0 aromatic carbocycles. The van der Waals surface area contributed by atoms with Crippen LogP contribution >= 0.6 is 0 Å². The fourth-order valence-corrected chi connectivity index (χ4v) is 3.14. The largest absolute Gasteiger partial charge is 0.381 e. The zero-order valence-electron chi connectivity index (χ0n) is 11.5. The Morgan fingerprint density at radius 3 is 2.37 bits per heavy atom. The van der Waals surface area contributed by atoms with Crippen molar-refractivity contribution < 1.29 is 22.7 Å². The molecule has 110 valence electrons. The summed E-state index contributed by atoms with van der Waals surface area (Å²) in [5, 5.41) is 7.25. The molecule has 3 unspecified atom stereocenters. The summed E-state index contributed by atoms with van der Waals surface area (Å²) >= 11 is 0. The van der Waals surface area contributed by atoms with Crippen LogP contribution in [-0.4, -0.2) is 50.9 Å². The molecular formula is C12H21NO5S. The molecule has 1 rings (SSSR count). The van der Waals surface area contributed by atoms with Crippen LogP contribution in [0.5, 0.6) is 0 Å². The molecule has 0 spiro atoms. The second kappa shape index (κ2) is 6.58. The summed E-state index contributed by atoms with van der Waals surface area (Å²) in [4.78, 5) is 11.9. The molecule has 1 fully saturated rings. The van der Waals surface area contributed by atoms with Gasteiger partial charge in [-0.3, -0.25) is 10.2 Å². The number of carbonyl (C=O) groups is 1. The van der Waals surface area contributed by atoms with Crippen LogP contribution in [0.15, 0.2) is 0 Å². The lowest BCUT2D eigenvalue weighted by Gasteiger charge is -2.41. The first-order valence-corrected chi connectivity index (χ1v) is 8.10. The highest BCUT2D eigenvalue weighted by Gasteiger charge is 2.54. The third-order valence-corrected chi connectivity index (χ3v) is 4.95. The second-order valence-corrected chi connectivity index (χ2v) is 6.59. The van der Waals surface area contributed by atoms with E-state index in [2.05, 4.69) is 0 Å². The van der Waals surface area contributed by atoms with Gasteiger partial charge in [-0.15, -0.1) is 0 Å². The molecule has 0 radical (unpaired) electrons. The molecule has 6 nitrogen and oxygen atoms in total. The van der Waals surface area contributed by atoms with Gasteiger partial charge >= 0.3 is 0 Å². The van der Waals surface area contributed by atoms with E-state index in [9.17, 15) is 13.2 Å². The summed E-state index contributed by atoms with van der Waals surface area (Å²) in [6.07, 6.45) is -0.644. The van der Waals surface area contributed by atoms with E-state index in [1.54, 1.807) is 6.92 Å². The third-order valence-electron chi connectivity index (χ3n) is 3.26. The van der Waals surface area contributed by atoms with Gasteiger partial charge in [0.15, 0.2) is 15.6 Å². The predicted molar refractivity (Wildman–Crippen MR) is 71.1 cm³/mol. The van der Waals surface area contributed by atoms with Crippen molar-refractivity contribution in [2.75, 3.05) is 25.6 Å². The lowest BCUT2D eigenvalue weighted by Crippen LogP contribution is -2.59. The van der Waals surface area contributed by atoms with Crippen molar-refractivity contribution in [1.82, 2.24) is 0 Å². The van der Waals surface area contributed by atoms with E-state index in [1.807, 2.05) is 6.92 Å². The number of hydrogen-bond acceptors (Lipinski definition) is 6. The van der Waals surface area contributed by atoms with E-state index in [-0.39, 0.29) is 24.1 Å². The van der Waals surface area contributed by atoms with Crippen LogP contribution < -0.4 is 0 Å². The Balaban J connectivity index is 2.87. The third kappa shape index (κ3) is 3.21. The Kier molecular flexibility index (Phi) is 5.64. The van der Waals surface area contributed by atoms with Gasteiger partial charge in [-0.1, -0.05) is 6.92 Å². The number of Topliss-reactive ketones (excluding diaryl/α,β-unsaturated/α-hetero) is 1. The standard InChI is InChI=1S/C12H21NO5S/c1-4-17-7-8-9(10(14)11(8)18-5-2)12(13)19(15,16)6-3/h8-9,11,13H,4-7H2,1-3H3. The summed E-state index contributed by atoms with van der Waals surface area (Å²) in [5.41, 5.74) is 0. The van der Waals surface area contributed by atoms with Gasteiger partial charge in [-0.2, -0.15) is 0 Å². The summed E-state index contributed by atoms with van der Waals surface area (Å²) in [6, 6.07) is 0. The molecular weight excluding hydrogens is 270 g/mol. The maximum absolute atomic E-state index is 11.9. The van der Waals surface area contributed by atoms with E-state index in [0.29, 0.717) is 13.2 Å². The van der Waals surface area contributed by atoms with Crippen molar-refractivity contribution in [2.45, 2.75) is 26.9 Å². The molecule has 1 aliphatic rings. The topological polar surface area (TPSA) is 93.5 Å². The molecule has 0 amide bonds. The molecule has 19 heavy (non-hydrogen) atoms. The molecule has 0 aliphatic heterocycles. The van der Waals surface area contributed by atoms with Gasteiger partial charge < -0.3 is 9.47 Å². The van der Waals surface area contributed by atoms with Crippen LogP contribution in [0.25, 0.3) is 0 Å². The minimum Gasteiger partial charge on any atom is -0.381 e. The van der Waals surface area contributed by atoms with Crippen molar-refractivity contribution >= 4 is 20.7 Å². The molecule has 0 aromatic rings. The van der Waals surface area contributed by atoms with E-state index >= 15 is 0 Å². The van der Waals surface area contributed by atoms with Crippen molar-refractivity contribution in [3.05, 3.63) is 0 Å². The molecule has 3 atom stereocenters. The van der Waals surface area contributed by atoms with Gasteiger partial charge in [0.2, 0.25) is 0 Å². The maximum atomic E-state index is 11.9. The summed E-state index contributed by atoms with van der Waals surface area (Å²) in [5.74, 6) is -1.78. The first-order valence-electron chi connectivity index (χ1n) is 6.44. The monoisotopic (exact) mass is 291 g/mol. The zero-order chi connectivity index (χ0) is 14.6. The van der Waals surface area contributed by atoms with Crippen LogP contribution in [0, 0.1) is 17.2 Å². The number of hydrogen-bond donors (Lipinski definition) is 1. The normalized spacial score (nSPS) is 27.1. The van der Waals surface area contributed by atoms with Crippen LogP contribution in [0.4, 0.5) is 0 Å². The van der Waals surface area contributed by atoms with Crippen molar-refractivity contribution in [2.24, 2.45) is 11.8 Å². The van der Waals surface area contributed by atoms with Crippen molar-refractivity contribution in [1.29, 1.82) is 5.41 Å². The lowest BCUT2D eigenvalue weighted by atomic mass is 9.70. The summed E-state index contributed by atoms with van der Waals surface area (Å²) < 4.78 is 34.0. The first kappa shape index (κ1) is 16.3. The Bertz CT molecular complexity index is 445. The highest BCUT2D eigenvalue weighted by Crippen LogP contribution is 2.36. The predicted octanol–water partition coefficient (Wildman–Crippen LogP) is 0.655. The van der Waals surface area contributed by atoms with Crippen molar-refractivity contribution in [3.63, 3.8) is 0 Å². The quantitative estimate of drug-likeness (QED) is 0.549. The number of rotatable bonds is 7. The average Bonchev–Trinajstić information content (AvgIpc) is 2.39. The highest BCUT2D eigenvalue weighted by molar-refractivity contribution is 8.06. The number of ketones is 1. The van der Waals surface area contributed by atoms with Gasteiger partial charge in [0.05, 0.1) is 18.3 Å². The van der Waals surface area contributed by atoms with E-state index in [0.717, 1.165) is 0 Å². The molecule has 0 heterocycles. The van der Waals surface area contributed by atoms with Crippen LogP contribution in [0.3, 0.4) is 0 Å². The number of ether oxygens (including phenoxy) is 2. The van der Waals surface area contributed by atoms with Gasteiger partial charge in [0.1, 0.15) is 11.1 Å². The minimum atomic E-state index is -3.64. The summed E-state index contributed by atoms with van der Waals surface area (Å²) in [7, 11) is -3.64. The number of nitrogens with one attached hydrogen (secondary N) is 1. The van der Waals surface area contributed by atoms with E-state index < -0.39 is 26.9 Å². The number of carbonyl (C=O) groups excluding carboxylic acids is 1. The Hall–Kier alpha value is -0.790. The smallest absolute Gasteiger partial charge is 0.191 e. The van der Waals surface area contributed by atoms with E-state index in [4.69, 9.17) is 14.9 Å². The van der Waals surface area contributed by atoms with Crippen LogP contribution in [-0.2, 0) is 24.1 Å². The fraction of sp³-hybridized carbons (Fsp3) is 0.833. The highest BCUT2D eigenvalue weighted by atomic mass is 32.2. The van der Waals surface area contributed by atoms with Gasteiger partial charge in [0.25, 0.3) is 0 Å². The maximum Gasteiger partial charge on any atom is 0.191 e. The zero-order valence-corrected chi connectivity index (χ0v) is 12.3. The molecule has 0 bridgehead atoms. The molecule has 1 aliphatic carbocycles. The molecule has 0 saturated heterocycles. The minimum absolute atomic E-state index is 0.170. The van der Waals surface area contributed by atoms with Gasteiger partial charge in [-0.25, -0.2) is 8.42 Å². The van der Waals surface area contributed by atoms with Crippen LogP contribution in [0.2, 0.25) is 0 Å². The molecule has 1 saturated carbocycles. The van der Waals surface area contributed by atoms with Gasteiger partial charge in [0, 0.05) is 19.1 Å². The fourth-order valence-electron chi connectivity index (χ4n) is 2.15. The van der Waals surface area contributed by atoms with Gasteiger partial charge in [-0.05, 0) is 13.8 Å². The average molecular weight is 291 g/mol. The molecule has 0 aromatic heterocycles. The SMILES string of the molecule is CCOCC1C(OCC)C(=O)C1C(=N)S(=O)(=O)CC. The second-order valence-electron chi connectivity index (χ2n) is 4.35.